The summed E-state index contributed by atoms with van der Waals surface area (Å²) in [4.78, 5) is 16.1. The molecular weight excluding hydrogens is 210 g/mol. The molecule has 1 heterocycles. The minimum atomic E-state index is 0.00644. The van der Waals surface area contributed by atoms with Gasteiger partial charge in [0.25, 0.3) is 0 Å². The summed E-state index contributed by atoms with van der Waals surface area (Å²) >= 11 is 0. The van der Waals surface area contributed by atoms with Crippen molar-refractivity contribution in [3.63, 3.8) is 0 Å². The second kappa shape index (κ2) is 3.67. The molecule has 3 aromatic rings. The Morgan fingerprint density at radius 2 is 1.47 bits per heavy atom. The molecule has 2 nitrogen and oxygen atoms in total. The molecule has 0 bridgehead atoms. The van der Waals surface area contributed by atoms with E-state index in [4.69, 9.17) is 0 Å². The number of hydrogen-bond donors (Lipinski definition) is 0. The van der Waals surface area contributed by atoms with Crippen LogP contribution in [0.25, 0.3) is 21.7 Å². The zero-order valence-corrected chi connectivity index (χ0v) is 9.47. The van der Waals surface area contributed by atoms with Crippen molar-refractivity contribution in [3.8, 4) is 0 Å². The minimum Gasteiger partial charge on any atom is -0.293 e. The lowest BCUT2D eigenvalue weighted by Crippen LogP contribution is -1.98. The topological polar surface area (TPSA) is 30.0 Å². The predicted molar refractivity (Wildman–Crippen MR) is 69.3 cm³/mol. The maximum Gasteiger partial charge on any atom is 0.178 e. The fourth-order valence-electron chi connectivity index (χ4n) is 2.17. The van der Waals surface area contributed by atoms with E-state index in [1.165, 1.54) is 0 Å². The van der Waals surface area contributed by atoms with Crippen molar-refractivity contribution in [1.82, 2.24) is 4.98 Å². The van der Waals surface area contributed by atoms with E-state index in [0.29, 0.717) is 5.69 Å². The van der Waals surface area contributed by atoms with Crippen LogP contribution in [0, 0.1) is 0 Å². The Morgan fingerprint density at radius 1 is 0.882 bits per heavy atom. The summed E-state index contributed by atoms with van der Waals surface area (Å²) < 4.78 is 0. The highest BCUT2D eigenvalue weighted by molar-refractivity contribution is 6.14. The molecule has 17 heavy (non-hydrogen) atoms. The largest absolute Gasteiger partial charge is 0.293 e. The lowest BCUT2D eigenvalue weighted by atomic mass is 10.0. The SMILES string of the molecule is CC(=O)c1nc2ccccc2c2ccccc12. The number of carbonyl (C=O) groups is 1. The molecule has 0 saturated carbocycles. The molecule has 0 atom stereocenters. The number of carbonyl (C=O) groups excluding carboxylic acids is 1. The summed E-state index contributed by atoms with van der Waals surface area (Å²) in [5, 5.41) is 3.11. The lowest BCUT2D eigenvalue weighted by Gasteiger charge is -2.06. The first kappa shape index (κ1) is 9.97. The number of pyridine rings is 1. The summed E-state index contributed by atoms with van der Waals surface area (Å²) in [6.45, 7) is 1.56. The summed E-state index contributed by atoms with van der Waals surface area (Å²) in [5.41, 5.74) is 1.43. The average molecular weight is 221 g/mol. The van der Waals surface area contributed by atoms with Crippen LogP contribution in [0.5, 0.6) is 0 Å². The molecule has 2 heteroatoms. The number of Topliss-reactive ketones (excluding diaryl/α,β-unsaturated/α-hetero) is 1. The number of para-hydroxylation sites is 1. The number of nitrogens with zero attached hydrogens (tertiary/aromatic N) is 1. The molecule has 0 aliphatic heterocycles. The Labute approximate surface area is 98.9 Å². The first-order chi connectivity index (χ1) is 8.27. The molecule has 3 rings (SSSR count). The number of rotatable bonds is 1. The average Bonchev–Trinajstić information content (AvgIpc) is 2.37. The van der Waals surface area contributed by atoms with Gasteiger partial charge >= 0.3 is 0 Å². The number of hydrogen-bond acceptors (Lipinski definition) is 2. The zero-order valence-electron chi connectivity index (χ0n) is 9.47. The summed E-state index contributed by atoms with van der Waals surface area (Å²) in [7, 11) is 0. The molecule has 0 unspecified atom stereocenters. The molecule has 82 valence electrons. The van der Waals surface area contributed by atoms with Crippen LogP contribution in [0.15, 0.2) is 48.5 Å². The standard InChI is InChI=1S/C15H11NO/c1-10(17)15-13-8-3-2-6-11(13)12-7-4-5-9-14(12)16-15/h2-9H,1H3. The van der Waals surface area contributed by atoms with Crippen LogP contribution in [-0.2, 0) is 0 Å². The molecule has 2 aromatic carbocycles. The van der Waals surface area contributed by atoms with Gasteiger partial charge in [0.15, 0.2) is 5.78 Å². The van der Waals surface area contributed by atoms with E-state index >= 15 is 0 Å². The minimum absolute atomic E-state index is 0.00644. The van der Waals surface area contributed by atoms with Gasteiger partial charge in [-0.15, -0.1) is 0 Å². The van der Waals surface area contributed by atoms with Crippen LogP contribution in [0.1, 0.15) is 17.4 Å². The normalized spacial score (nSPS) is 10.9. The molecule has 0 N–H and O–H groups in total. The van der Waals surface area contributed by atoms with Crippen molar-refractivity contribution in [3.05, 3.63) is 54.2 Å². The smallest absolute Gasteiger partial charge is 0.178 e. The summed E-state index contributed by atoms with van der Waals surface area (Å²) in [6, 6.07) is 15.8. The third kappa shape index (κ3) is 1.49. The highest BCUT2D eigenvalue weighted by atomic mass is 16.1. The third-order valence-electron chi connectivity index (χ3n) is 2.94. The van der Waals surface area contributed by atoms with Crippen molar-refractivity contribution in [2.45, 2.75) is 6.92 Å². The van der Waals surface area contributed by atoms with Gasteiger partial charge in [-0.05, 0) is 11.5 Å². The summed E-state index contributed by atoms with van der Waals surface area (Å²) in [5.74, 6) is 0.00644. The first-order valence-corrected chi connectivity index (χ1v) is 5.56. The van der Waals surface area contributed by atoms with E-state index in [2.05, 4.69) is 4.98 Å². The molecule has 0 amide bonds. The van der Waals surface area contributed by atoms with E-state index in [1.54, 1.807) is 6.92 Å². The fraction of sp³-hybridized carbons (Fsp3) is 0.0667. The van der Waals surface area contributed by atoms with Crippen LogP contribution in [0.4, 0.5) is 0 Å². The highest BCUT2D eigenvalue weighted by Gasteiger charge is 2.10. The molecule has 0 aliphatic carbocycles. The Morgan fingerprint density at radius 3 is 2.18 bits per heavy atom. The van der Waals surface area contributed by atoms with Crippen molar-refractivity contribution in [2.24, 2.45) is 0 Å². The van der Waals surface area contributed by atoms with E-state index < -0.39 is 0 Å². The van der Waals surface area contributed by atoms with Crippen molar-refractivity contribution < 1.29 is 4.79 Å². The Hall–Kier alpha value is -2.22. The van der Waals surface area contributed by atoms with Gasteiger partial charge in [0.1, 0.15) is 5.69 Å². The molecule has 0 radical (unpaired) electrons. The Balaban J connectivity index is 2.59. The van der Waals surface area contributed by atoms with Gasteiger partial charge in [0.05, 0.1) is 5.52 Å². The fourth-order valence-corrected chi connectivity index (χ4v) is 2.17. The van der Waals surface area contributed by atoms with Crippen molar-refractivity contribution >= 4 is 27.5 Å². The Kier molecular flexibility index (Phi) is 2.15. The van der Waals surface area contributed by atoms with Gasteiger partial charge in [-0.2, -0.15) is 0 Å². The van der Waals surface area contributed by atoms with E-state index in [0.717, 1.165) is 21.7 Å². The number of aromatic nitrogens is 1. The second-order valence-electron chi connectivity index (χ2n) is 4.08. The first-order valence-electron chi connectivity index (χ1n) is 5.56. The van der Waals surface area contributed by atoms with Gasteiger partial charge in [-0.3, -0.25) is 4.79 Å². The Bertz CT molecular complexity index is 731. The number of fused-ring (bicyclic) bond motifs is 3. The van der Waals surface area contributed by atoms with Crippen molar-refractivity contribution in [2.75, 3.05) is 0 Å². The van der Waals surface area contributed by atoms with Gasteiger partial charge in [-0.1, -0.05) is 42.5 Å². The van der Waals surface area contributed by atoms with E-state index in [9.17, 15) is 4.79 Å². The van der Waals surface area contributed by atoms with Crippen LogP contribution < -0.4 is 0 Å². The molecule has 1 aromatic heterocycles. The molecule has 0 fully saturated rings. The number of ketones is 1. The van der Waals surface area contributed by atoms with Gasteiger partial charge in [0.2, 0.25) is 0 Å². The molecule has 0 saturated heterocycles. The van der Waals surface area contributed by atoms with Crippen LogP contribution in [0.3, 0.4) is 0 Å². The third-order valence-corrected chi connectivity index (χ3v) is 2.94. The predicted octanol–water partition coefficient (Wildman–Crippen LogP) is 3.59. The maximum absolute atomic E-state index is 11.6. The van der Waals surface area contributed by atoms with E-state index in [-0.39, 0.29) is 5.78 Å². The second-order valence-corrected chi connectivity index (χ2v) is 4.08. The zero-order chi connectivity index (χ0) is 11.8. The van der Waals surface area contributed by atoms with Crippen LogP contribution in [0.2, 0.25) is 0 Å². The van der Waals surface area contributed by atoms with Gasteiger partial charge in [-0.25, -0.2) is 4.98 Å². The monoisotopic (exact) mass is 221 g/mol. The summed E-state index contributed by atoms with van der Waals surface area (Å²) in [6.07, 6.45) is 0. The van der Waals surface area contributed by atoms with Crippen molar-refractivity contribution in [1.29, 1.82) is 0 Å². The molecular formula is C15H11NO. The quantitative estimate of drug-likeness (QED) is 0.464. The molecule has 0 spiro atoms. The lowest BCUT2D eigenvalue weighted by molar-refractivity contribution is 0.101. The van der Waals surface area contributed by atoms with Gasteiger partial charge < -0.3 is 0 Å². The highest BCUT2D eigenvalue weighted by Crippen LogP contribution is 2.26. The van der Waals surface area contributed by atoms with Gasteiger partial charge in [0, 0.05) is 17.7 Å². The van der Waals surface area contributed by atoms with Crippen LogP contribution >= 0.6 is 0 Å². The molecule has 0 aliphatic rings. The maximum atomic E-state index is 11.6. The number of benzene rings is 2. The van der Waals surface area contributed by atoms with Crippen LogP contribution in [-0.4, -0.2) is 10.8 Å². The van der Waals surface area contributed by atoms with E-state index in [1.807, 2.05) is 48.5 Å².